The van der Waals surface area contributed by atoms with Crippen molar-refractivity contribution in [2.75, 3.05) is 6.54 Å². The first-order chi connectivity index (χ1) is 10.1. The number of nitrogens with one attached hydrogen (secondary N) is 1. The van der Waals surface area contributed by atoms with E-state index in [9.17, 15) is 8.78 Å². The van der Waals surface area contributed by atoms with Crippen molar-refractivity contribution in [1.82, 2.24) is 15.5 Å². The Labute approximate surface area is 122 Å². The molecule has 0 fully saturated rings. The Hall–Kier alpha value is -1.82. The molecule has 1 N–H and O–H groups in total. The van der Waals surface area contributed by atoms with Crippen molar-refractivity contribution in [3.63, 3.8) is 0 Å². The average Bonchev–Trinajstić information content (AvgIpc) is 2.92. The Bertz CT molecular complexity index is 600. The summed E-state index contributed by atoms with van der Waals surface area (Å²) >= 11 is 0. The van der Waals surface area contributed by atoms with Crippen molar-refractivity contribution in [1.29, 1.82) is 0 Å². The molecule has 0 aliphatic heterocycles. The molecule has 0 bridgehead atoms. The fraction of sp³-hybridized carbons (Fsp3) is 0.467. The highest BCUT2D eigenvalue weighted by molar-refractivity contribution is 5.54. The SMILES string of the molecule is CCNC(C)C(CC)c1nc(-c2ccc(F)c(F)c2)no1. The van der Waals surface area contributed by atoms with Gasteiger partial charge >= 0.3 is 0 Å². The second kappa shape index (κ2) is 6.76. The second-order valence-electron chi connectivity index (χ2n) is 4.95. The molecule has 0 saturated carbocycles. The fourth-order valence-electron chi connectivity index (χ4n) is 2.34. The second-order valence-corrected chi connectivity index (χ2v) is 4.95. The molecule has 2 unspecified atom stereocenters. The smallest absolute Gasteiger partial charge is 0.231 e. The molecule has 6 heteroatoms. The van der Waals surface area contributed by atoms with Gasteiger partial charge in [0.2, 0.25) is 11.7 Å². The molecular formula is C15H19F2N3O. The number of likely N-dealkylation sites (N-methyl/N-ethyl adjacent to an activating group) is 1. The monoisotopic (exact) mass is 295 g/mol. The third-order valence-corrected chi connectivity index (χ3v) is 3.51. The van der Waals surface area contributed by atoms with Gasteiger partial charge in [0.1, 0.15) is 0 Å². The lowest BCUT2D eigenvalue weighted by atomic mass is 9.98. The molecule has 2 aromatic rings. The van der Waals surface area contributed by atoms with Gasteiger partial charge in [0, 0.05) is 11.6 Å². The molecule has 4 nitrogen and oxygen atoms in total. The molecule has 0 spiro atoms. The normalized spacial score (nSPS) is 14.1. The Morgan fingerprint density at radius 3 is 2.62 bits per heavy atom. The van der Waals surface area contributed by atoms with Crippen LogP contribution in [0.4, 0.5) is 8.78 Å². The zero-order chi connectivity index (χ0) is 15.4. The molecular weight excluding hydrogens is 276 g/mol. The van der Waals surface area contributed by atoms with Crippen LogP contribution in [0.25, 0.3) is 11.4 Å². The van der Waals surface area contributed by atoms with Gasteiger partial charge in [0.05, 0.1) is 5.92 Å². The number of benzene rings is 1. The molecule has 0 aliphatic rings. The van der Waals surface area contributed by atoms with Crippen LogP contribution in [-0.2, 0) is 0 Å². The molecule has 0 radical (unpaired) electrons. The highest BCUT2D eigenvalue weighted by atomic mass is 19.2. The van der Waals surface area contributed by atoms with E-state index in [1.807, 2.05) is 13.8 Å². The lowest BCUT2D eigenvalue weighted by molar-refractivity contribution is 0.318. The molecule has 1 aromatic carbocycles. The van der Waals surface area contributed by atoms with Crippen LogP contribution in [0.5, 0.6) is 0 Å². The topological polar surface area (TPSA) is 51.0 Å². The molecule has 2 atom stereocenters. The molecule has 1 heterocycles. The summed E-state index contributed by atoms with van der Waals surface area (Å²) in [6.07, 6.45) is 0.841. The number of hydrogen-bond acceptors (Lipinski definition) is 4. The van der Waals surface area contributed by atoms with E-state index in [2.05, 4.69) is 22.4 Å². The van der Waals surface area contributed by atoms with Crippen LogP contribution in [0.3, 0.4) is 0 Å². The van der Waals surface area contributed by atoms with Gasteiger partial charge in [0.25, 0.3) is 0 Å². The third kappa shape index (κ3) is 3.44. The number of halogens is 2. The van der Waals surface area contributed by atoms with Gasteiger partial charge in [-0.15, -0.1) is 0 Å². The predicted octanol–water partition coefficient (Wildman–Crippen LogP) is 3.51. The summed E-state index contributed by atoms with van der Waals surface area (Å²) in [5.41, 5.74) is 0.398. The summed E-state index contributed by atoms with van der Waals surface area (Å²) in [6, 6.07) is 3.75. The average molecular weight is 295 g/mol. The van der Waals surface area contributed by atoms with Crippen molar-refractivity contribution < 1.29 is 13.3 Å². The standard InChI is InChI=1S/C15H19F2N3O/c1-4-11(9(3)18-5-2)15-19-14(20-21-15)10-6-7-12(16)13(17)8-10/h6-9,11,18H,4-5H2,1-3H3. The first-order valence-electron chi connectivity index (χ1n) is 7.09. The van der Waals surface area contributed by atoms with Gasteiger partial charge in [-0.2, -0.15) is 4.98 Å². The number of rotatable bonds is 6. The zero-order valence-electron chi connectivity index (χ0n) is 12.4. The van der Waals surface area contributed by atoms with Gasteiger partial charge in [-0.05, 0) is 38.1 Å². The Morgan fingerprint density at radius 2 is 2.00 bits per heavy atom. The van der Waals surface area contributed by atoms with E-state index in [1.165, 1.54) is 6.07 Å². The highest BCUT2D eigenvalue weighted by Crippen LogP contribution is 2.25. The van der Waals surface area contributed by atoms with Crippen LogP contribution < -0.4 is 5.32 Å². The van der Waals surface area contributed by atoms with E-state index in [1.54, 1.807) is 0 Å². The van der Waals surface area contributed by atoms with Crippen LogP contribution >= 0.6 is 0 Å². The first kappa shape index (κ1) is 15.6. The summed E-state index contributed by atoms with van der Waals surface area (Å²) < 4.78 is 31.5. The summed E-state index contributed by atoms with van der Waals surface area (Å²) in [5.74, 6) is -0.963. The maximum atomic E-state index is 13.3. The van der Waals surface area contributed by atoms with E-state index in [0.717, 1.165) is 25.1 Å². The van der Waals surface area contributed by atoms with Crippen LogP contribution in [0.2, 0.25) is 0 Å². The van der Waals surface area contributed by atoms with Gasteiger partial charge in [-0.1, -0.05) is 19.0 Å². The number of nitrogens with zero attached hydrogens (tertiary/aromatic N) is 2. The van der Waals surface area contributed by atoms with Crippen LogP contribution in [0.1, 0.15) is 39.0 Å². The van der Waals surface area contributed by atoms with Crippen molar-refractivity contribution >= 4 is 0 Å². The van der Waals surface area contributed by atoms with Gasteiger partial charge in [-0.25, -0.2) is 8.78 Å². The maximum Gasteiger partial charge on any atom is 0.231 e. The largest absolute Gasteiger partial charge is 0.339 e. The third-order valence-electron chi connectivity index (χ3n) is 3.51. The van der Waals surface area contributed by atoms with Crippen molar-refractivity contribution in [3.05, 3.63) is 35.7 Å². The Balaban J connectivity index is 2.25. The van der Waals surface area contributed by atoms with E-state index < -0.39 is 11.6 Å². The molecule has 1 aromatic heterocycles. The number of hydrogen-bond donors (Lipinski definition) is 1. The van der Waals surface area contributed by atoms with E-state index in [0.29, 0.717) is 11.5 Å². The molecule has 0 saturated heterocycles. The molecule has 0 aliphatic carbocycles. The zero-order valence-corrected chi connectivity index (χ0v) is 12.4. The fourth-order valence-corrected chi connectivity index (χ4v) is 2.34. The van der Waals surface area contributed by atoms with Crippen LogP contribution in [0, 0.1) is 11.6 Å². The lowest BCUT2D eigenvalue weighted by Crippen LogP contribution is -2.31. The highest BCUT2D eigenvalue weighted by Gasteiger charge is 2.23. The van der Waals surface area contributed by atoms with Crippen molar-refractivity contribution in [2.24, 2.45) is 0 Å². The van der Waals surface area contributed by atoms with E-state index in [-0.39, 0.29) is 17.8 Å². The number of aromatic nitrogens is 2. The van der Waals surface area contributed by atoms with Gasteiger partial charge in [-0.3, -0.25) is 0 Å². The molecule has 0 amide bonds. The van der Waals surface area contributed by atoms with E-state index >= 15 is 0 Å². The summed E-state index contributed by atoms with van der Waals surface area (Å²) in [5, 5.41) is 7.19. The molecule has 114 valence electrons. The minimum atomic E-state index is -0.924. The van der Waals surface area contributed by atoms with Gasteiger partial charge < -0.3 is 9.84 Å². The van der Waals surface area contributed by atoms with E-state index in [4.69, 9.17) is 4.52 Å². The summed E-state index contributed by atoms with van der Waals surface area (Å²) in [7, 11) is 0. The Morgan fingerprint density at radius 1 is 1.24 bits per heavy atom. The van der Waals surface area contributed by atoms with Crippen LogP contribution in [-0.4, -0.2) is 22.7 Å². The lowest BCUT2D eigenvalue weighted by Gasteiger charge is -2.19. The van der Waals surface area contributed by atoms with Crippen molar-refractivity contribution in [3.8, 4) is 11.4 Å². The predicted molar refractivity (Wildman–Crippen MR) is 75.8 cm³/mol. The maximum absolute atomic E-state index is 13.3. The van der Waals surface area contributed by atoms with Crippen molar-refractivity contribution in [2.45, 2.75) is 39.2 Å². The first-order valence-corrected chi connectivity index (χ1v) is 7.09. The summed E-state index contributed by atoms with van der Waals surface area (Å²) in [6.45, 7) is 6.98. The minimum Gasteiger partial charge on any atom is -0.339 e. The Kier molecular flexibility index (Phi) is 5.01. The van der Waals surface area contributed by atoms with Gasteiger partial charge in [0.15, 0.2) is 11.6 Å². The van der Waals surface area contributed by atoms with Crippen LogP contribution in [0.15, 0.2) is 22.7 Å². The summed E-state index contributed by atoms with van der Waals surface area (Å²) in [4.78, 5) is 4.32. The minimum absolute atomic E-state index is 0.0801. The molecule has 2 rings (SSSR count). The molecule has 21 heavy (non-hydrogen) atoms. The quantitative estimate of drug-likeness (QED) is 0.886.